The fourth-order valence-corrected chi connectivity index (χ4v) is 1.81. The third-order valence-electron chi connectivity index (χ3n) is 2.77. The molecular formula is C17H19N3O2. The summed E-state index contributed by atoms with van der Waals surface area (Å²) >= 11 is 0. The molecule has 5 heteroatoms. The van der Waals surface area contributed by atoms with Crippen molar-refractivity contribution in [2.45, 2.75) is 19.9 Å². The molecule has 2 rings (SSSR count). The summed E-state index contributed by atoms with van der Waals surface area (Å²) in [6.45, 7) is 4.36. The number of hydrogen-bond donors (Lipinski definition) is 2. The zero-order valence-corrected chi connectivity index (χ0v) is 12.7. The molecule has 5 nitrogen and oxygen atoms in total. The second-order valence-electron chi connectivity index (χ2n) is 4.98. The molecule has 1 heterocycles. The van der Waals surface area contributed by atoms with E-state index in [0.717, 1.165) is 16.7 Å². The molecule has 2 aromatic rings. The monoisotopic (exact) mass is 297 g/mol. The normalized spacial score (nSPS) is 9.95. The molecule has 0 bridgehead atoms. The average molecular weight is 297 g/mol. The highest BCUT2D eigenvalue weighted by molar-refractivity contribution is 5.79. The second-order valence-corrected chi connectivity index (χ2v) is 4.98. The number of aromatic nitrogens is 1. The molecule has 2 amide bonds. The highest BCUT2D eigenvalue weighted by Crippen LogP contribution is 2.18. The maximum Gasteiger partial charge on any atom is 0.315 e. The van der Waals surface area contributed by atoms with Crippen LogP contribution in [0.25, 0.3) is 10.9 Å². The first kappa shape index (κ1) is 15.6. The van der Waals surface area contributed by atoms with Gasteiger partial charge in [0.1, 0.15) is 12.4 Å². The van der Waals surface area contributed by atoms with E-state index >= 15 is 0 Å². The molecule has 1 aromatic carbocycles. The minimum absolute atomic E-state index is 0.109. The van der Waals surface area contributed by atoms with Crippen molar-refractivity contribution in [1.82, 2.24) is 15.6 Å². The molecule has 2 N–H and O–H groups in total. The summed E-state index contributed by atoms with van der Waals surface area (Å²) in [6, 6.07) is 9.52. The summed E-state index contributed by atoms with van der Waals surface area (Å²) in [7, 11) is 0. The Hall–Kier alpha value is -2.74. The number of carbonyl (C=O) groups is 1. The molecule has 22 heavy (non-hydrogen) atoms. The summed E-state index contributed by atoms with van der Waals surface area (Å²) in [5, 5.41) is 6.44. The van der Waals surface area contributed by atoms with Gasteiger partial charge in [-0.15, -0.1) is 0 Å². The van der Waals surface area contributed by atoms with Crippen LogP contribution in [0.15, 0.2) is 36.5 Å². The van der Waals surface area contributed by atoms with E-state index in [4.69, 9.17) is 4.74 Å². The Labute approximate surface area is 130 Å². The lowest BCUT2D eigenvalue weighted by atomic mass is 10.2. The first-order valence-corrected chi connectivity index (χ1v) is 7.13. The van der Waals surface area contributed by atoms with Crippen LogP contribution < -0.4 is 15.4 Å². The van der Waals surface area contributed by atoms with Crippen molar-refractivity contribution in [3.05, 3.63) is 36.5 Å². The largest absolute Gasteiger partial charge is 0.481 e. The van der Waals surface area contributed by atoms with Crippen molar-refractivity contribution >= 4 is 16.9 Å². The van der Waals surface area contributed by atoms with Gasteiger partial charge in [-0.05, 0) is 32.0 Å². The molecule has 0 atom stereocenters. The molecule has 1 aromatic heterocycles. The lowest BCUT2D eigenvalue weighted by Crippen LogP contribution is -2.39. The van der Waals surface area contributed by atoms with Crippen molar-refractivity contribution in [1.29, 1.82) is 0 Å². The number of urea groups is 1. The molecule has 0 aliphatic carbocycles. The van der Waals surface area contributed by atoms with Gasteiger partial charge in [0.25, 0.3) is 0 Å². The summed E-state index contributed by atoms with van der Waals surface area (Å²) in [5.41, 5.74) is 0.889. The van der Waals surface area contributed by atoms with Gasteiger partial charge in [0.05, 0.1) is 12.1 Å². The van der Waals surface area contributed by atoms with Crippen LogP contribution in [-0.2, 0) is 0 Å². The second kappa shape index (κ2) is 7.89. The molecule has 0 unspecified atom stereocenters. The van der Waals surface area contributed by atoms with Gasteiger partial charge >= 0.3 is 6.03 Å². The van der Waals surface area contributed by atoms with Crippen molar-refractivity contribution in [2.75, 3.05) is 13.2 Å². The average Bonchev–Trinajstić information content (AvgIpc) is 2.50. The lowest BCUT2D eigenvalue weighted by Gasteiger charge is -2.07. The van der Waals surface area contributed by atoms with Crippen LogP contribution in [0.5, 0.6) is 5.75 Å². The molecule has 0 radical (unpaired) electrons. The number of ether oxygens (including phenoxy) is 1. The maximum absolute atomic E-state index is 11.3. The predicted octanol–water partition coefficient (Wildman–Crippen LogP) is 2.32. The zero-order valence-electron chi connectivity index (χ0n) is 12.7. The van der Waals surface area contributed by atoms with Gasteiger partial charge in [-0.2, -0.15) is 0 Å². The number of hydrogen-bond acceptors (Lipinski definition) is 3. The third kappa shape index (κ3) is 4.98. The van der Waals surface area contributed by atoms with Crippen LogP contribution in [0.3, 0.4) is 0 Å². The van der Waals surface area contributed by atoms with Gasteiger partial charge in [-0.1, -0.05) is 17.9 Å². The maximum atomic E-state index is 11.3. The van der Waals surface area contributed by atoms with Crippen molar-refractivity contribution < 1.29 is 9.53 Å². The predicted molar refractivity (Wildman–Crippen MR) is 86.7 cm³/mol. The van der Waals surface area contributed by atoms with Crippen LogP contribution in [0.4, 0.5) is 4.79 Å². The summed E-state index contributed by atoms with van der Waals surface area (Å²) in [4.78, 5) is 15.6. The van der Waals surface area contributed by atoms with E-state index in [-0.39, 0.29) is 18.7 Å². The summed E-state index contributed by atoms with van der Waals surface area (Å²) in [6.07, 6.45) is 1.75. The van der Waals surface area contributed by atoms with Gasteiger partial charge in [0, 0.05) is 23.7 Å². The fourth-order valence-electron chi connectivity index (χ4n) is 1.81. The van der Waals surface area contributed by atoms with E-state index in [2.05, 4.69) is 27.5 Å². The fraction of sp³-hybridized carbons (Fsp3) is 0.294. The Morgan fingerprint density at radius 2 is 2.18 bits per heavy atom. The Bertz CT molecular complexity index is 702. The molecule has 0 saturated carbocycles. The van der Waals surface area contributed by atoms with E-state index in [9.17, 15) is 4.79 Å². The topological polar surface area (TPSA) is 63.2 Å². The van der Waals surface area contributed by atoms with Gasteiger partial charge in [0.15, 0.2) is 0 Å². The third-order valence-corrected chi connectivity index (χ3v) is 2.77. The molecule has 0 fully saturated rings. The van der Waals surface area contributed by atoms with Gasteiger partial charge in [-0.3, -0.25) is 4.98 Å². The number of fused-ring (bicyclic) bond motifs is 1. The van der Waals surface area contributed by atoms with Crippen LogP contribution in [-0.4, -0.2) is 30.2 Å². The number of nitrogens with one attached hydrogen (secondary N) is 2. The molecule has 0 saturated heterocycles. The number of amides is 2. The summed E-state index contributed by atoms with van der Waals surface area (Å²) in [5.74, 6) is 6.42. The summed E-state index contributed by atoms with van der Waals surface area (Å²) < 4.78 is 5.54. The van der Waals surface area contributed by atoms with Gasteiger partial charge in [-0.25, -0.2) is 4.79 Å². The van der Waals surface area contributed by atoms with E-state index in [0.29, 0.717) is 6.54 Å². The van der Waals surface area contributed by atoms with Crippen molar-refractivity contribution in [2.24, 2.45) is 0 Å². The number of rotatable bonds is 4. The van der Waals surface area contributed by atoms with Crippen LogP contribution in [0.1, 0.15) is 13.8 Å². The van der Waals surface area contributed by atoms with Gasteiger partial charge in [0.2, 0.25) is 0 Å². The highest BCUT2D eigenvalue weighted by Gasteiger charge is 1.99. The lowest BCUT2D eigenvalue weighted by molar-refractivity contribution is 0.239. The van der Waals surface area contributed by atoms with Crippen molar-refractivity contribution in [3.8, 4) is 17.6 Å². The quantitative estimate of drug-likeness (QED) is 0.851. The first-order chi connectivity index (χ1) is 10.6. The minimum atomic E-state index is -0.217. The Morgan fingerprint density at radius 3 is 3.00 bits per heavy atom. The van der Waals surface area contributed by atoms with Crippen LogP contribution in [0, 0.1) is 11.8 Å². The van der Waals surface area contributed by atoms with E-state index in [1.165, 1.54) is 0 Å². The van der Waals surface area contributed by atoms with E-state index in [1.54, 1.807) is 6.20 Å². The molecule has 0 spiro atoms. The molecule has 114 valence electrons. The number of carbonyl (C=O) groups excluding carboxylic acids is 1. The smallest absolute Gasteiger partial charge is 0.315 e. The number of nitrogens with zero attached hydrogens (tertiary/aromatic N) is 1. The Morgan fingerprint density at radius 1 is 1.32 bits per heavy atom. The standard InChI is InChI=1S/C17H19N3O2/c1-13(2)20-17(21)19-9-3-4-11-22-15-8-7-14-6-5-10-18-16(14)12-15/h5-8,10,12-13H,9,11H2,1-2H3,(H2,19,20,21). The van der Waals surface area contributed by atoms with E-state index < -0.39 is 0 Å². The number of pyridine rings is 1. The SMILES string of the molecule is CC(C)NC(=O)NCC#CCOc1ccc2cccnc2c1. The zero-order chi connectivity index (χ0) is 15.8. The molecule has 0 aliphatic rings. The van der Waals surface area contributed by atoms with E-state index in [1.807, 2.05) is 44.2 Å². The van der Waals surface area contributed by atoms with Crippen LogP contribution >= 0.6 is 0 Å². The Balaban J connectivity index is 1.76. The van der Waals surface area contributed by atoms with Crippen LogP contribution in [0.2, 0.25) is 0 Å². The van der Waals surface area contributed by atoms with Crippen molar-refractivity contribution in [3.63, 3.8) is 0 Å². The van der Waals surface area contributed by atoms with Gasteiger partial charge < -0.3 is 15.4 Å². The number of benzene rings is 1. The highest BCUT2D eigenvalue weighted by atomic mass is 16.5. The Kier molecular flexibility index (Phi) is 5.61. The molecular weight excluding hydrogens is 278 g/mol. The first-order valence-electron chi connectivity index (χ1n) is 7.13. The minimum Gasteiger partial charge on any atom is -0.481 e. The molecule has 0 aliphatic heterocycles.